The van der Waals surface area contributed by atoms with Crippen LogP contribution in [0.15, 0.2) is 18.2 Å². The maximum Gasteiger partial charge on any atom is 0.131 e. The average molecular weight is 300 g/mol. The molecule has 0 radical (unpaired) electrons. The molecule has 0 amide bonds. The van der Waals surface area contributed by atoms with Crippen molar-refractivity contribution in [2.45, 2.75) is 12.5 Å². The van der Waals surface area contributed by atoms with Crippen LogP contribution in [-0.2, 0) is 4.74 Å². The summed E-state index contributed by atoms with van der Waals surface area (Å²) in [6.07, 6.45) is 0.570. The molecule has 120 valence electrons. The molecular weight excluding hydrogens is 275 g/mol. The second-order valence-electron chi connectivity index (χ2n) is 4.81. The van der Waals surface area contributed by atoms with Gasteiger partial charge < -0.3 is 20.3 Å². The van der Waals surface area contributed by atoms with Crippen LogP contribution in [0.25, 0.3) is 0 Å². The number of hydrogen-bond acceptors (Lipinski definition) is 5. The molecule has 6 heteroatoms. The van der Waals surface area contributed by atoms with E-state index in [1.807, 2.05) is 4.90 Å². The summed E-state index contributed by atoms with van der Waals surface area (Å²) in [7, 11) is 3.13. The topological polar surface area (TPSA) is 68.0 Å². The highest BCUT2D eigenvalue weighted by atomic mass is 19.1. The maximum atomic E-state index is 13.9. The molecule has 3 N–H and O–H groups in total. The van der Waals surface area contributed by atoms with Crippen LogP contribution in [0.3, 0.4) is 0 Å². The van der Waals surface area contributed by atoms with Gasteiger partial charge in [-0.1, -0.05) is 6.07 Å². The van der Waals surface area contributed by atoms with E-state index in [1.54, 1.807) is 19.2 Å². The highest BCUT2D eigenvalue weighted by Gasteiger charge is 2.17. The Morgan fingerprint density at radius 2 is 2.05 bits per heavy atom. The Kier molecular flexibility index (Phi) is 8.22. The second-order valence-corrected chi connectivity index (χ2v) is 4.81. The zero-order valence-corrected chi connectivity index (χ0v) is 12.7. The van der Waals surface area contributed by atoms with Crippen LogP contribution in [0.1, 0.15) is 18.0 Å². The van der Waals surface area contributed by atoms with E-state index in [0.717, 1.165) is 0 Å². The van der Waals surface area contributed by atoms with Crippen LogP contribution in [0.4, 0.5) is 4.39 Å². The van der Waals surface area contributed by atoms with Crippen LogP contribution in [0.2, 0.25) is 0 Å². The standard InChI is InChI=1S/C15H25FN2O3/c1-20-11-9-18(8-10-19)7-6-13(17)15-12(16)4-3-5-14(15)21-2/h3-5,13,19H,6-11,17H2,1-2H3. The van der Waals surface area contributed by atoms with Gasteiger partial charge in [0.05, 0.1) is 20.3 Å². The smallest absolute Gasteiger partial charge is 0.131 e. The lowest BCUT2D eigenvalue weighted by Gasteiger charge is -2.23. The normalized spacial score (nSPS) is 12.7. The van der Waals surface area contributed by atoms with Gasteiger partial charge in [-0.25, -0.2) is 4.39 Å². The van der Waals surface area contributed by atoms with E-state index in [0.29, 0.717) is 44.0 Å². The van der Waals surface area contributed by atoms with Crippen LogP contribution in [0, 0.1) is 5.82 Å². The van der Waals surface area contributed by atoms with Crippen molar-refractivity contribution in [1.29, 1.82) is 0 Å². The first-order chi connectivity index (χ1) is 10.1. The largest absolute Gasteiger partial charge is 0.496 e. The third kappa shape index (κ3) is 5.59. The van der Waals surface area contributed by atoms with E-state index in [2.05, 4.69) is 0 Å². The summed E-state index contributed by atoms with van der Waals surface area (Å²) in [4.78, 5) is 2.04. The Hall–Kier alpha value is -1.21. The molecular formula is C15H25FN2O3. The molecule has 0 aliphatic carbocycles. The Balaban J connectivity index is 2.65. The van der Waals surface area contributed by atoms with E-state index in [-0.39, 0.29) is 12.4 Å². The third-order valence-electron chi connectivity index (χ3n) is 3.39. The van der Waals surface area contributed by atoms with Gasteiger partial charge in [-0.3, -0.25) is 4.90 Å². The molecule has 0 spiro atoms. The first-order valence-corrected chi connectivity index (χ1v) is 7.04. The van der Waals surface area contributed by atoms with Crippen molar-refractivity contribution < 1.29 is 19.0 Å². The molecule has 21 heavy (non-hydrogen) atoms. The van der Waals surface area contributed by atoms with Crippen molar-refractivity contribution in [2.75, 3.05) is 47.1 Å². The highest BCUT2D eigenvalue weighted by molar-refractivity contribution is 5.37. The lowest BCUT2D eigenvalue weighted by Crippen LogP contribution is -2.33. The number of halogens is 1. The minimum Gasteiger partial charge on any atom is -0.496 e. The number of rotatable bonds is 10. The molecule has 0 saturated heterocycles. The fourth-order valence-corrected chi connectivity index (χ4v) is 2.22. The van der Waals surface area contributed by atoms with Gasteiger partial charge in [0.2, 0.25) is 0 Å². The molecule has 0 saturated carbocycles. The lowest BCUT2D eigenvalue weighted by molar-refractivity contribution is 0.128. The number of ether oxygens (including phenoxy) is 2. The molecule has 5 nitrogen and oxygen atoms in total. The quantitative estimate of drug-likeness (QED) is 0.679. The van der Waals surface area contributed by atoms with Gasteiger partial charge in [0.25, 0.3) is 0 Å². The minimum atomic E-state index is -0.454. The van der Waals surface area contributed by atoms with Crippen LogP contribution in [-0.4, -0.2) is 57.1 Å². The highest BCUT2D eigenvalue weighted by Crippen LogP contribution is 2.28. The third-order valence-corrected chi connectivity index (χ3v) is 3.39. The zero-order chi connectivity index (χ0) is 15.7. The molecule has 0 aliphatic rings. The fraction of sp³-hybridized carbons (Fsp3) is 0.600. The lowest BCUT2D eigenvalue weighted by atomic mass is 10.0. The minimum absolute atomic E-state index is 0.0714. The van der Waals surface area contributed by atoms with Gasteiger partial charge in [0.15, 0.2) is 0 Å². The zero-order valence-electron chi connectivity index (χ0n) is 12.7. The van der Waals surface area contributed by atoms with Crippen molar-refractivity contribution in [3.8, 4) is 5.75 Å². The summed E-state index contributed by atoms with van der Waals surface area (Å²) >= 11 is 0. The summed E-state index contributed by atoms with van der Waals surface area (Å²) in [5.41, 5.74) is 6.50. The van der Waals surface area contributed by atoms with Gasteiger partial charge >= 0.3 is 0 Å². The molecule has 0 heterocycles. The van der Waals surface area contributed by atoms with Gasteiger partial charge in [0.1, 0.15) is 11.6 Å². The summed E-state index contributed by atoms with van der Waals surface area (Å²) in [6.45, 7) is 2.56. The number of hydrogen-bond donors (Lipinski definition) is 2. The van der Waals surface area contributed by atoms with Crippen molar-refractivity contribution in [3.05, 3.63) is 29.6 Å². The van der Waals surface area contributed by atoms with Crippen LogP contribution in [0.5, 0.6) is 5.75 Å². The predicted octanol–water partition coefficient (Wildman–Crippen LogP) is 1.16. The molecule has 0 aliphatic heterocycles. The second kappa shape index (κ2) is 9.68. The van der Waals surface area contributed by atoms with Crippen molar-refractivity contribution in [3.63, 3.8) is 0 Å². The monoisotopic (exact) mass is 300 g/mol. The van der Waals surface area contributed by atoms with E-state index < -0.39 is 6.04 Å². The molecule has 0 fully saturated rings. The van der Waals surface area contributed by atoms with Crippen molar-refractivity contribution in [1.82, 2.24) is 4.90 Å². The van der Waals surface area contributed by atoms with E-state index >= 15 is 0 Å². The van der Waals surface area contributed by atoms with Crippen molar-refractivity contribution >= 4 is 0 Å². The van der Waals surface area contributed by atoms with Gasteiger partial charge in [-0.05, 0) is 18.6 Å². The van der Waals surface area contributed by atoms with E-state index in [1.165, 1.54) is 13.2 Å². The van der Waals surface area contributed by atoms with Gasteiger partial charge in [-0.2, -0.15) is 0 Å². The SMILES string of the molecule is COCCN(CCO)CCC(N)c1c(F)cccc1OC. The van der Waals surface area contributed by atoms with E-state index in [4.69, 9.17) is 20.3 Å². The fourth-order valence-electron chi connectivity index (χ4n) is 2.22. The van der Waals surface area contributed by atoms with E-state index in [9.17, 15) is 4.39 Å². The number of nitrogens with two attached hydrogens (primary N) is 1. The molecule has 0 bridgehead atoms. The Morgan fingerprint density at radius 3 is 2.67 bits per heavy atom. The Morgan fingerprint density at radius 1 is 1.29 bits per heavy atom. The summed E-state index contributed by atoms with van der Waals surface area (Å²) < 4.78 is 24.1. The number of methoxy groups -OCH3 is 2. The van der Waals surface area contributed by atoms with Crippen LogP contribution >= 0.6 is 0 Å². The summed E-state index contributed by atoms with van der Waals surface area (Å²) in [5, 5.41) is 9.05. The molecule has 0 aromatic heterocycles. The summed E-state index contributed by atoms with van der Waals surface area (Å²) in [5.74, 6) is 0.112. The Bertz CT molecular complexity index is 418. The van der Waals surface area contributed by atoms with Gasteiger partial charge in [0, 0.05) is 38.3 Å². The van der Waals surface area contributed by atoms with Crippen molar-refractivity contribution in [2.24, 2.45) is 5.73 Å². The number of benzene rings is 1. The van der Waals surface area contributed by atoms with Gasteiger partial charge in [-0.15, -0.1) is 0 Å². The number of nitrogens with zero attached hydrogens (tertiary/aromatic N) is 1. The van der Waals surface area contributed by atoms with Crippen LogP contribution < -0.4 is 10.5 Å². The summed E-state index contributed by atoms with van der Waals surface area (Å²) in [6, 6.07) is 4.23. The molecule has 1 aromatic rings. The number of aliphatic hydroxyl groups is 1. The first kappa shape index (κ1) is 17.8. The Labute approximate surface area is 125 Å². The molecule has 1 unspecified atom stereocenters. The predicted molar refractivity (Wildman–Crippen MR) is 79.9 cm³/mol. The molecule has 1 rings (SSSR count). The average Bonchev–Trinajstić information content (AvgIpc) is 2.49. The molecule has 1 atom stereocenters. The number of aliphatic hydroxyl groups excluding tert-OH is 1. The first-order valence-electron chi connectivity index (χ1n) is 7.04. The maximum absolute atomic E-state index is 13.9. The molecule has 1 aromatic carbocycles.